The Morgan fingerprint density at radius 2 is 1.76 bits per heavy atom. The largest absolute Gasteiger partial charge is 0.282 e. The summed E-state index contributed by atoms with van der Waals surface area (Å²) in [7, 11) is -3.50. The molecule has 0 aliphatic carbocycles. The zero-order valence-electron chi connectivity index (χ0n) is 11.5. The molecular formula is C15H16ClNO2S2. The zero-order chi connectivity index (χ0) is 15.3. The molecule has 2 rings (SSSR count). The molecule has 2 aromatic carbocycles. The summed E-state index contributed by atoms with van der Waals surface area (Å²) >= 11 is 7.62. The Bertz CT molecular complexity index is 717. The first-order valence-electron chi connectivity index (χ1n) is 6.47. The lowest BCUT2D eigenvalue weighted by atomic mass is 10.2. The van der Waals surface area contributed by atoms with Crippen molar-refractivity contribution in [1.29, 1.82) is 0 Å². The number of halogens is 1. The molecule has 0 atom stereocenters. The highest BCUT2D eigenvalue weighted by Crippen LogP contribution is 2.28. The summed E-state index contributed by atoms with van der Waals surface area (Å²) < 4.78 is 27.2. The minimum atomic E-state index is -3.50. The van der Waals surface area contributed by atoms with Crippen LogP contribution in [0.1, 0.15) is 12.5 Å². The van der Waals surface area contributed by atoms with Gasteiger partial charge in [0.05, 0.1) is 11.4 Å². The van der Waals surface area contributed by atoms with Gasteiger partial charge >= 0.3 is 0 Å². The maximum Gasteiger partial charge on any atom is 0.237 e. The maximum atomic E-state index is 12.3. The molecule has 0 spiro atoms. The summed E-state index contributed by atoms with van der Waals surface area (Å²) in [6, 6.07) is 14.3. The van der Waals surface area contributed by atoms with Gasteiger partial charge in [-0.2, -0.15) is 0 Å². The van der Waals surface area contributed by atoms with Crippen LogP contribution in [-0.2, 0) is 15.8 Å². The van der Waals surface area contributed by atoms with Gasteiger partial charge < -0.3 is 0 Å². The van der Waals surface area contributed by atoms with Crippen LogP contribution in [-0.4, -0.2) is 14.2 Å². The molecule has 2 aromatic rings. The molecule has 0 unspecified atom stereocenters. The van der Waals surface area contributed by atoms with E-state index in [0.717, 1.165) is 10.6 Å². The van der Waals surface area contributed by atoms with Crippen LogP contribution in [0.5, 0.6) is 0 Å². The number of para-hydroxylation sites is 1. The monoisotopic (exact) mass is 341 g/mol. The highest BCUT2D eigenvalue weighted by atomic mass is 35.5. The second kappa shape index (κ2) is 7.20. The van der Waals surface area contributed by atoms with Crippen LogP contribution < -0.4 is 4.72 Å². The minimum Gasteiger partial charge on any atom is -0.282 e. The number of nitrogens with one attached hydrogen (secondary N) is 1. The van der Waals surface area contributed by atoms with E-state index < -0.39 is 10.0 Å². The second-order valence-electron chi connectivity index (χ2n) is 4.38. The van der Waals surface area contributed by atoms with Gasteiger partial charge in [-0.15, -0.1) is 11.8 Å². The predicted molar refractivity (Wildman–Crippen MR) is 90.5 cm³/mol. The van der Waals surface area contributed by atoms with Gasteiger partial charge in [0.15, 0.2) is 0 Å². The zero-order valence-corrected chi connectivity index (χ0v) is 13.9. The topological polar surface area (TPSA) is 46.2 Å². The molecular weight excluding hydrogens is 326 g/mol. The van der Waals surface area contributed by atoms with Gasteiger partial charge in [-0.1, -0.05) is 48.9 Å². The molecule has 0 amide bonds. The van der Waals surface area contributed by atoms with Gasteiger partial charge in [-0.05, 0) is 29.5 Å². The highest BCUT2D eigenvalue weighted by Gasteiger charge is 2.15. The van der Waals surface area contributed by atoms with Crippen molar-refractivity contribution in [2.45, 2.75) is 17.6 Å². The Morgan fingerprint density at radius 3 is 2.48 bits per heavy atom. The average Bonchev–Trinajstić information content (AvgIpc) is 2.43. The summed E-state index contributed by atoms with van der Waals surface area (Å²) in [6.45, 7) is 2.03. The molecule has 6 heteroatoms. The minimum absolute atomic E-state index is 0.141. The van der Waals surface area contributed by atoms with E-state index in [1.54, 1.807) is 42.1 Å². The second-order valence-corrected chi connectivity index (χ2v) is 7.82. The summed E-state index contributed by atoms with van der Waals surface area (Å²) in [5, 5.41) is 0.457. The molecule has 0 bridgehead atoms. The van der Waals surface area contributed by atoms with E-state index in [0.29, 0.717) is 16.3 Å². The van der Waals surface area contributed by atoms with Crippen molar-refractivity contribution in [2.75, 3.05) is 10.5 Å². The third-order valence-electron chi connectivity index (χ3n) is 2.76. The SMILES string of the molecule is CCSc1ccccc1NS(=O)(=O)Cc1ccccc1Cl. The van der Waals surface area contributed by atoms with Gasteiger partial charge in [0.25, 0.3) is 0 Å². The third kappa shape index (κ3) is 4.66. The highest BCUT2D eigenvalue weighted by molar-refractivity contribution is 7.99. The Kier molecular flexibility index (Phi) is 5.56. The quantitative estimate of drug-likeness (QED) is 0.792. The molecule has 0 saturated carbocycles. The van der Waals surface area contributed by atoms with Gasteiger partial charge in [-0.25, -0.2) is 8.42 Å². The summed E-state index contributed by atoms with van der Waals surface area (Å²) in [5.74, 6) is 0.737. The van der Waals surface area contributed by atoms with Gasteiger partial charge in [0.1, 0.15) is 0 Å². The van der Waals surface area contributed by atoms with Crippen molar-refractivity contribution in [3.05, 3.63) is 59.1 Å². The summed E-state index contributed by atoms with van der Waals surface area (Å²) in [5.41, 5.74) is 1.20. The first kappa shape index (κ1) is 16.2. The van der Waals surface area contributed by atoms with Gasteiger partial charge in [0.2, 0.25) is 10.0 Å². The lowest BCUT2D eigenvalue weighted by Crippen LogP contribution is -2.15. The fourth-order valence-electron chi connectivity index (χ4n) is 1.86. The Hall–Kier alpha value is -1.17. The molecule has 0 fully saturated rings. The Balaban J connectivity index is 2.20. The van der Waals surface area contributed by atoms with E-state index in [2.05, 4.69) is 4.72 Å². The lowest BCUT2D eigenvalue weighted by Gasteiger charge is -2.12. The molecule has 0 aliphatic heterocycles. The lowest BCUT2D eigenvalue weighted by molar-refractivity contribution is 0.600. The average molecular weight is 342 g/mol. The molecule has 0 radical (unpaired) electrons. The fraction of sp³-hybridized carbons (Fsp3) is 0.200. The van der Waals surface area contributed by atoms with Crippen LogP contribution in [0.3, 0.4) is 0 Å². The van der Waals surface area contributed by atoms with E-state index in [1.807, 2.05) is 25.1 Å². The predicted octanol–water partition coefficient (Wildman–Crippen LogP) is 4.39. The molecule has 1 N–H and O–H groups in total. The number of hydrogen-bond acceptors (Lipinski definition) is 3. The number of benzene rings is 2. The Morgan fingerprint density at radius 1 is 1.10 bits per heavy atom. The van der Waals surface area contributed by atoms with Crippen molar-refractivity contribution in [3.63, 3.8) is 0 Å². The summed E-state index contributed by atoms with van der Waals surface area (Å²) in [4.78, 5) is 0.919. The number of anilines is 1. The smallest absolute Gasteiger partial charge is 0.237 e. The number of hydrogen-bond donors (Lipinski definition) is 1. The number of rotatable bonds is 6. The Labute approximate surface area is 134 Å². The summed E-state index contributed by atoms with van der Waals surface area (Å²) in [6.07, 6.45) is 0. The van der Waals surface area contributed by atoms with Crippen molar-refractivity contribution >= 4 is 39.1 Å². The van der Waals surface area contributed by atoms with Crippen molar-refractivity contribution in [1.82, 2.24) is 0 Å². The fourth-order valence-corrected chi connectivity index (χ4v) is 4.21. The van der Waals surface area contributed by atoms with Crippen molar-refractivity contribution in [2.24, 2.45) is 0 Å². The van der Waals surface area contributed by atoms with E-state index in [4.69, 9.17) is 11.6 Å². The molecule has 0 heterocycles. The molecule has 21 heavy (non-hydrogen) atoms. The van der Waals surface area contributed by atoms with Crippen LogP contribution in [0.25, 0.3) is 0 Å². The van der Waals surface area contributed by atoms with Crippen LogP contribution in [0.15, 0.2) is 53.4 Å². The standard InChI is InChI=1S/C15H16ClNO2S2/c1-2-20-15-10-6-5-9-14(15)17-21(18,19)11-12-7-3-4-8-13(12)16/h3-10,17H,2,11H2,1H3. The van der Waals surface area contributed by atoms with Crippen LogP contribution in [0, 0.1) is 0 Å². The maximum absolute atomic E-state index is 12.3. The van der Waals surface area contributed by atoms with E-state index in [-0.39, 0.29) is 5.75 Å². The molecule has 0 aromatic heterocycles. The first-order chi connectivity index (χ1) is 10.0. The van der Waals surface area contributed by atoms with Crippen molar-refractivity contribution in [3.8, 4) is 0 Å². The van der Waals surface area contributed by atoms with Gasteiger partial charge in [0, 0.05) is 9.92 Å². The molecule has 0 aliphatic rings. The normalized spacial score (nSPS) is 11.3. The van der Waals surface area contributed by atoms with E-state index in [9.17, 15) is 8.42 Å². The molecule has 0 saturated heterocycles. The number of sulfonamides is 1. The first-order valence-corrected chi connectivity index (χ1v) is 9.49. The third-order valence-corrected chi connectivity index (χ3v) is 5.30. The number of thioether (sulfide) groups is 1. The molecule has 112 valence electrons. The van der Waals surface area contributed by atoms with Crippen molar-refractivity contribution < 1.29 is 8.42 Å². The van der Waals surface area contributed by atoms with Crippen LogP contribution >= 0.6 is 23.4 Å². The van der Waals surface area contributed by atoms with Crippen LogP contribution in [0.2, 0.25) is 5.02 Å². The van der Waals surface area contributed by atoms with Gasteiger partial charge in [-0.3, -0.25) is 4.72 Å². The molecule has 3 nitrogen and oxygen atoms in total. The van der Waals surface area contributed by atoms with Crippen LogP contribution in [0.4, 0.5) is 5.69 Å². The van der Waals surface area contributed by atoms with E-state index >= 15 is 0 Å². The van der Waals surface area contributed by atoms with E-state index in [1.165, 1.54) is 0 Å².